The third-order valence-corrected chi connectivity index (χ3v) is 2.70. The van der Waals surface area contributed by atoms with Crippen molar-refractivity contribution < 1.29 is 15.0 Å². The largest absolute Gasteiger partial charge is 0.481 e. The quantitative estimate of drug-likeness (QED) is 0.774. The van der Waals surface area contributed by atoms with E-state index in [-0.39, 0.29) is 0 Å². The molecule has 88 valence electrons. The molecule has 0 aliphatic heterocycles. The first-order valence-electron chi connectivity index (χ1n) is 5.58. The van der Waals surface area contributed by atoms with Crippen LogP contribution in [0.1, 0.15) is 25.3 Å². The lowest BCUT2D eigenvalue weighted by atomic mass is 9.93. The third-order valence-electron chi connectivity index (χ3n) is 2.70. The van der Waals surface area contributed by atoms with E-state index < -0.39 is 18.0 Å². The lowest BCUT2D eigenvalue weighted by Crippen LogP contribution is -2.22. The maximum absolute atomic E-state index is 11.0. The molecule has 0 aliphatic rings. The summed E-state index contributed by atoms with van der Waals surface area (Å²) in [6.07, 6.45) is 0.872. The summed E-state index contributed by atoms with van der Waals surface area (Å²) in [7, 11) is 0. The average Bonchev–Trinajstić information content (AvgIpc) is 2.29. The minimum absolute atomic E-state index is 0.320. The molecule has 3 heteroatoms. The molecule has 1 rings (SSSR count). The first kappa shape index (κ1) is 12.7. The Bertz CT molecular complexity index is 321. The molecule has 0 fully saturated rings. The SMILES string of the molecule is CC[C@@H](O)C[C@@H](Cc1ccccc1)C(=O)O. The summed E-state index contributed by atoms with van der Waals surface area (Å²) < 4.78 is 0. The van der Waals surface area contributed by atoms with Crippen LogP contribution in [0.2, 0.25) is 0 Å². The van der Waals surface area contributed by atoms with E-state index in [9.17, 15) is 9.90 Å². The number of carbonyl (C=O) groups is 1. The van der Waals surface area contributed by atoms with Gasteiger partial charge in [0, 0.05) is 0 Å². The number of aliphatic hydroxyl groups excluding tert-OH is 1. The fourth-order valence-corrected chi connectivity index (χ4v) is 1.67. The van der Waals surface area contributed by atoms with Crippen LogP contribution in [0.3, 0.4) is 0 Å². The van der Waals surface area contributed by atoms with Crippen molar-refractivity contribution in [1.29, 1.82) is 0 Å². The van der Waals surface area contributed by atoms with Crippen molar-refractivity contribution in [2.24, 2.45) is 5.92 Å². The van der Waals surface area contributed by atoms with E-state index >= 15 is 0 Å². The fraction of sp³-hybridized carbons (Fsp3) is 0.462. The molecule has 0 radical (unpaired) electrons. The average molecular weight is 222 g/mol. The normalized spacial score (nSPS) is 14.4. The molecule has 0 spiro atoms. The first-order chi connectivity index (χ1) is 7.63. The zero-order valence-electron chi connectivity index (χ0n) is 9.47. The van der Waals surface area contributed by atoms with Crippen LogP contribution in [0.4, 0.5) is 0 Å². The van der Waals surface area contributed by atoms with Crippen molar-refractivity contribution in [1.82, 2.24) is 0 Å². The fourth-order valence-electron chi connectivity index (χ4n) is 1.67. The minimum atomic E-state index is -0.837. The molecule has 3 nitrogen and oxygen atoms in total. The van der Waals surface area contributed by atoms with Gasteiger partial charge in [0.15, 0.2) is 0 Å². The van der Waals surface area contributed by atoms with Crippen LogP contribution in [0.15, 0.2) is 30.3 Å². The van der Waals surface area contributed by atoms with Crippen LogP contribution in [0.25, 0.3) is 0 Å². The van der Waals surface area contributed by atoms with E-state index in [0.29, 0.717) is 19.3 Å². The van der Waals surface area contributed by atoms with E-state index in [1.165, 1.54) is 0 Å². The van der Waals surface area contributed by atoms with E-state index in [2.05, 4.69) is 0 Å². The number of aliphatic carboxylic acids is 1. The Hall–Kier alpha value is -1.35. The van der Waals surface area contributed by atoms with Gasteiger partial charge in [0.2, 0.25) is 0 Å². The van der Waals surface area contributed by atoms with Crippen molar-refractivity contribution in [3.63, 3.8) is 0 Å². The van der Waals surface area contributed by atoms with E-state index in [4.69, 9.17) is 5.11 Å². The van der Waals surface area contributed by atoms with Gasteiger partial charge in [0.25, 0.3) is 0 Å². The van der Waals surface area contributed by atoms with Crippen LogP contribution in [-0.2, 0) is 11.2 Å². The molecule has 1 aromatic rings. The number of carboxylic acids is 1. The highest BCUT2D eigenvalue weighted by Crippen LogP contribution is 2.16. The van der Waals surface area contributed by atoms with Gasteiger partial charge in [0.05, 0.1) is 12.0 Å². The van der Waals surface area contributed by atoms with Gasteiger partial charge in [0.1, 0.15) is 0 Å². The second-order valence-electron chi connectivity index (χ2n) is 4.02. The van der Waals surface area contributed by atoms with Gasteiger partial charge in [-0.1, -0.05) is 37.3 Å². The van der Waals surface area contributed by atoms with Crippen LogP contribution < -0.4 is 0 Å². The molecule has 0 heterocycles. The smallest absolute Gasteiger partial charge is 0.306 e. The maximum Gasteiger partial charge on any atom is 0.306 e. The number of hydrogen-bond donors (Lipinski definition) is 2. The Labute approximate surface area is 95.7 Å². The maximum atomic E-state index is 11.0. The van der Waals surface area contributed by atoms with Gasteiger partial charge in [-0.3, -0.25) is 4.79 Å². The molecule has 16 heavy (non-hydrogen) atoms. The number of aliphatic hydroxyl groups is 1. The molecule has 0 aliphatic carbocycles. The molecule has 0 saturated carbocycles. The first-order valence-corrected chi connectivity index (χ1v) is 5.58. The summed E-state index contributed by atoms with van der Waals surface area (Å²) in [5.41, 5.74) is 0.998. The Morgan fingerprint density at radius 3 is 2.44 bits per heavy atom. The van der Waals surface area contributed by atoms with Crippen LogP contribution in [0, 0.1) is 5.92 Å². The number of carboxylic acid groups (broad SMARTS) is 1. The number of benzene rings is 1. The Balaban J connectivity index is 2.62. The van der Waals surface area contributed by atoms with Crippen LogP contribution in [0.5, 0.6) is 0 Å². The van der Waals surface area contributed by atoms with Gasteiger partial charge >= 0.3 is 5.97 Å². The summed E-state index contributed by atoms with van der Waals surface area (Å²) >= 11 is 0. The molecule has 2 atom stereocenters. The highest BCUT2D eigenvalue weighted by molar-refractivity contribution is 5.70. The monoisotopic (exact) mass is 222 g/mol. The summed E-state index contributed by atoms with van der Waals surface area (Å²) in [5.74, 6) is -1.34. The number of hydrogen-bond acceptors (Lipinski definition) is 2. The topological polar surface area (TPSA) is 57.5 Å². The van der Waals surface area contributed by atoms with Crippen molar-refractivity contribution in [2.45, 2.75) is 32.3 Å². The van der Waals surface area contributed by atoms with Gasteiger partial charge in [-0.05, 0) is 24.8 Å². The lowest BCUT2D eigenvalue weighted by molar-refractivity contribution is -0.142. The Morgan fingerprint density at radius 2 is 1.94 bits per heavy atom. The molecule has 0 unspecified atom stereocenters. The summed E-state index contributed by atoms with van der Waals surface area (Å²) in [4.78, 5) is 11.0. The van der Waals surface area contributed by atoms with Crippen molar-refractivity contribution in [3.05, 3.63) is 35.9 Å². The third kappa shape index (κ3) is 4.03. The molecule has 0 aromatic heterocycles. The summed E-state index contributed by atoms with van der Waals surface area (Å²) in [6, 6.07) is 9.51. The van der Waals surface area contributed by atoms with Gasteiger partial charge in [-0.25, -0.2) is 0 Å². The van der Waals surface area contributed by atoms with Gasteiger partial charge in [-0.2, -0.15) is 0 Å². The van der Waals surface area contributed by atoms with E-state index in [1.54, 1.807) is 0 Å². The summed E-state index contributed by atoms with van der Waals surface area (Å²) in [5, 5.41) is 18.6. The van der Waals surface area contributed by atoms with Crippen molar-refractivity contribution >= 4 is 5.97 Å². The number of rotatable bonds is 6. The molecule has 0 saturated heterocycles. The molecule has 1 aromatic carbocycles. The molecular formula is C13H18O3. The Kier molecular flexibility index (Phi) is 4.99. The Morgan fingerprint density at radius 1 is 1.31 bits per heavy atom. The van der Waals surface area contributed by atoms with E-state index in [1.807, 2.05) is 37.3 Å². The minimum Gasteiger partial charge on any atom is -0.481 e. The van der Waals surface area contributed by atoms with Gasteiger partial charge < -0.3 is 10.2 Å². The highest BCUT2D eigenvalue weighted by atomic mass is 16.4. The summed E-state index contributed by atoms with van der Waals surface area (Å²) in [6.45, 7) is 1.85. The predicted molar refractivity (Wildman–Crippen MR) is 62.2 cm³/mol. The van der Waals surface area contributed by atoms with Crippen molar-refractivity contribution in [3.8, 4) is 0 Å². The predicted octanol–water partition coefficient (Wildman–Crippen LogP) is 2.09. The highest BCUT2D eigenvalue weighted by Gasteiger charge is 2.20. The molecule has 0 amide bonds. The zero-order valence-corrected chi connectivity index (χ0v) is 9.47. The molecule has 0 bridgehead atoms. The molecule has 2 N–H and O–H groups in total. The molecular weight excluding hydrogens is 204 g/mol. The van der Waals surface area contributed by atoms with E-state index in [0.717, 1.165) is 5.56 Å². The standard InChI is InChI=1S/C13H18O3/c1-2-12(14)9-11(13(15)16)8-10-6-4-3-5-7-10/h3-7,11-12,14H,2,8-9H2,1H3,(H,15,16)/t11-,12-/m1/s1. The van der Waals surface area contributed by atoms with Gasteiger partial charge in [-0.15, -0.1) is 0 Å². The van der Waals surface area contributed by atoms with Crippen LogP contribution in [-0.4, -0.2) is 22.3 Å². The van der Waals surface area contributed by atoms with Crippen molar-refractivity contribution in [2.75, 3.05) is 0 Å². The second kappa shape index (κ2) is 6.28. The zero-order chi connectivity index (χ0) is 12.0. The second-order valence-corrected chi connectivity index (χ2v) is 4.02. The lowest BCUT2D eigenvalue weighted by Gasteiger charge is -2.15. The van der Waals surface area contributed by atoms with Crippen LogP contribution >= 0.6 is 0 Å².